The van der Waals surface area contributed by atoms with E-state index >= 15 is 0 Å². The Hall–Kier alpha value is -3.42. The Morgan fingerprint density at radius 3 is 2.48 bits per heavy atom. The van der Waals surface area contributed by atoms with Crippen LogP contribution < -0.4 is 16.0 Å². The number of hydrogen-bond acceptors (Lipinski definition) is 3. The van der Waals surface area contributed by atoms with Crippen LogP contribution in [0.1, 0.15) is 49.0 Å². The minimum absolute atomic E-state index is 0.0200. The number of likely N-dealkylation sites (tertiary alicyclic amines) is 1. The predicted octanol–water partition coefficient (Wildman–Crippen LogP) is 3.91. The van der Waals surface area contributed by atoms with Gasteiger partial charge in [-0.05, 0) is 54.7 Å². The molecule has 176 valence electrons. The number of anilines is 1. The molecule has 1 unspecified atom stereocenters. The second kappa shape index (κ2) is 11.4. The van der Waals surface area contributed by atoms with E-state index in [9.17, 15) is 18.8 Å². The van der Waals surface area contributed by atoms with Gasteiger partial charge in [-0.15, -0.1) is 0 Å². The van der Waals surface area contributed by atoms with Crippen molar-refractivity contribution < 1.29 is 18.8 Å². The molecule has 0 spiro atoms. The number of hydrogen-bond donors (Lipinski definition) is 3. The van der Waals surface area contributed by atoms with Crippen LogP contribution >= 0.6 is 0 Å². The second-order valence-electron chi connectivity index (χ2n) is 8.39. The van der Waals surface area contributed by atoms with Gasteiger partial charge >= 0.3 is 6.03 Å². The molecule has 1 aliphatic rings. The first-order chi connectivity index (χ1) is 15.9. The number of amides is 4. The lowest BCUT2D eigenvalue weighted by Gasteiger charge is -2.26. The van der Waals surface area contributed by atoms with E-state index in [1.807, 2.05) is 19.9 Å². The normalized spacial score (nSPS) is 14.9. The standard InChI is InChI=1S/C25H31FN4O3/c1-3-17(2)22(29-25(33)30-12-4-5-13-30)24(32)27-16-18-8-6-11-21(14-18)28-23(31)19-9-7-10-20(26)15-19/h6-11,14-15,17,22H,3-5,12-13,16H2,1-2H3,(H,27,32)(H,28,31)(H,29,33)/t17?,22-/m0/s1. The minimum Gasteiger partial charge on any atom is -0.350 e. The highest BCUT2D eigenvalue weighted by Crippen LogP contribution is 2.15. The van der Waals surface area contributed by atoms with Crippen molar-refractivity contribution in [1.82, 2.24) is 15.5 Å². The second-order valence-corrected chi connectivity index (χ2v) is 8.39. The molecule has 0 aliphatic carbocycles. The number of rotatable bonds is 8. The SMILES string of the molecule is CCC(C)[C@H](NC(=O)N1CCCC1)C(=O)NCc1cccc(NC(=O)c2cccc(F)c2)c1. The molecule has 33 heavy (non-hydrogen) atoms. The van der Waals surface area contributed by atoms with E-state index in [0.29, 0.717) is 5.69 Å². The van der Waals surface area contributed by atoms with E-state index in [-0.39, 0.29) is 30.0 Å². The van der Waals surface area contributed by atoms with E-state index < -0.39 is 17.8 Å². The van der Waals surface area contributed by atoms with Crippen LogP contribution in [0.25, 0.3) is 0 Å². The van der Waals surface area contributed by atoms with Crippen LogP contribution in [0.2, 0.25) is 0 Å². The molecule has 1 fully saturated rings. The Morgan fingerprint density at radius 1 is 1.06 bits per heavy atom. The zero-order valence-electron chi connectivity index (χ0n) is 19.1. The van der Waals surface area contributed by atoms with Crippen molar-refractivity contribution in [1.29, 1.82) is 0 Å². The first-order valence-corrected chi connectivity index (χ1v) is 11.4. The average molecular weight is 455 g/mol. The average Bonchev–Trinajstić information content (AvgIpc) is 3.36. The molecule has 2 aromatic carbocycles. The largest absolute Gasteiger partial charge is 0.350 e. The zero-order valence-corrected chi connectivity index (χ0v) is 19.1. The van der Waals surface area contributed by atoms with E-state index in [0.717, 1.165) is 37.9 Å². The highest BCUT2D eigenvalue weighted by atomic mass is 19.1. The third-order valence-electron chi connectivity index (χ3n) is 5.91. The number of benzene rings is 2. The van der Waals surface area contributed by atoms with Crippen molar-refractivity contribution >= 4 is 23.5 Å². The quantitative estimate of drug-likeness (QED) is 0.565. The summed E-state index contributed by atoms with van der Waals surface area (Å²) in [6, 6.07) is 11.7. The lowest BCUT2D eigenvalue weighted by atomic mass is 9.98. The third-order valence-corrected chi connectivity index (χ3v) is 5.91. The molecule has 3 rings (SSSR count). The topological polar surface area (TPSA) is 90.5 Å². The molecular formula is C25H31FN4O3. The van der Waals surface area contributed by atoms with Crippen LogP contribution in [0.4, 0.5) is 14.9 Å². The number of nitrogens with zero attached hydrogens (tertiary/aromatic N) is 1. The van der Waals surface area contributed by atoms with Gasteiger partial charge in [0.1, 0.15) is 11.9 Å². The summed E-state index contributed by atoms with van der Waals surface area (Å²) >= 11 is 0. The lowest BCUT2D eigenvalue weighted by molar-refractivity contribution is -0.124. The summed E-state index contributed by atoms with van der Waals surface area (Å²) < 4.78 is 13.4. The van der Waals surface area contributed by atoms with Crippen LogP contribution in [-0.4, -0.2) is 41.9 Å². The van der Waals surface area contributed by atoms with Gasteiger partial charge < -0.3 is 20.9 Å². The molecule has 0 aromatic heterocycles. The summed E-state index contributed by atoms with van der Waals surface area (Å²) in [4.78, 5) is 39.5. The fourth-order valence-corrected chi connectivity index (χ4v) is 3.74. The Balaban J connectivity index is 1.59. The maximum atomic E-state index is 13.4. The molecule has 3 N–H and O–H groups in total. The van der Waals surface area contributed by atoms with Crippen molar-refractivity contribution in [3.63, 3.8) is 0 Å². The maximum absolute atomic E-state index is 13.4. The lowest BCUT2D eigenvalue weighted by Crippen LogP contribution is -2.53. The Bertz CT molecular complexity index is 991. The monoisotopic (exact) mass is 454 g/mol. The minimum atomic E-state index is -0.626. The van der Waals surface area contributed by atoms with Crippen molar-refractivity contribution in [3.05, 3.63) is 65.5 Å². The number of halogens is 1. The van der Waals surface area contributed by atoms with Gasteiger partial charge in [0.15, 0.2) is 0 Å². The first kappa shape index (κ1) is 24.2. The molecule has 1 aliphatic heterocycles. The zero-order chi connectivity index (χ0) is 23.8. The van der Waals surface area contributed by atoms with Gasteiger partial charge in [-0.1, -0.05) is 38.5 Å². The van der Waals surface area contributed by atoms with Crippen molar-refractivity contribution in [3.8, 4) is 0 Å². The molecule has 1 saturated heterocycles. The smallest absolute Gasteiger partial charge is 0.318 e. The highest BCUT2D eigenvalue weighted by Gasteiger charge is 2.28. The van der Waals surface area contributed by atoms with Gasteiger partial charge in [0.05, 0.1) is 0 Å². The van der Waals surface area contributed by atoms with E-state index in [2.05, 4.69) is 16.0 Å². The van der Waals surface area contributed by atoms with E-state index in [4.69, 9.17) is 0 Å². The molecule has 0 bridgehead atoms. The molecule has 8 heteroatoms. The highest BCUT2D eigenvalue weighted by molar-refractivity contribution is 6.04. The molecule has 7 nitrogen and oxygen atoms in total. The van der Waals surface area contributed by atoms with Gasteiger partial charge in [0.2, 0.25) is 5.91 Å². The van der Waals surface area contributed by atoms with Gasteiger partial charge in [-0.3, -0.25) is 9.59 Å². The van der Waals surface area contributed by atoms with Crippen molar-refractivity contribution in [2.24, 2.45) is 5.92 Å². The number of nitrogens with one attached hydrogen (secondary N) is 3. The summed E-state index contributed by atoms with van der Waals surface area (Å²) in [6.07, 6.45) is 2.72. The van der Waals surface area contributed by atoms with Gasteiger partial charge in [-0.25, -0.2) is 9.18 Å². The molecule has 0 radical (unpaired) electrons. The number of urea groups is 1. The summed E-state index contributed by atoms with van der Waals surface area (Å²) in [5.74, 6) is -1.16. The van der Waals surface area contributed by atoms with Crippen molar-refractivity contribution in [2.75, 3.05) is 18.4 Å². The summed E-state index contributed by atoms with van der Waals surface area (Å²) in [5.41, 5.74) is 1.55. The maximum Gasteiger partial charge on any atom is 0.318 e. The van der Waals surface area contributed by atoms with E-state index in [1.165, 1.54) is 24.3 Å². The van der Waals surface area contributed by atoms with E-state index in [1.54, 1.807) is 23.1 Å². The van der Waals surface area contributed by atoms with Crippen LogP contribution in [0.5, 0.6) is 0 Å². The van der Waals surface area contributed by atoms with Crippen LogP contribution in [0.3, 0.4) is 0 Å². The molecule has 0 saturated carbocycles. The molecule has 2 aromatic rings. The molecule has 2 atom stereocenters. The summed E-state index contributed by atoms with van der Waals surface area (Å²) in [7, 11) is 0. The fourth-order valence-electron chi connectivity index (χ4n) is 3.74. The van der Waals surface area contributed by atoms with Crippen LogP contribution in [0.15, 0.2) is 48.5 Å². The molecule has 1 heterocycles. The van der Waals surface area contributed by atoms with Crippen molar-refractivity contribution in [2.45, 2.75) is 45.7 Å². The van der Waals surface area contributed by atoms with Gasteiger partial charge in [-0.2, -0.15) is 0 Å². The number of carbonyl (C=O) groups excluding carboxylic acids is 3. The Morgan fingerprint density at radius 2 is 1.79 bits per heavy atom. The first-order valence-electron chi connectivity index (χ1n) is 11.4. The predicted molar refractivity (Wildman–Crippen MR) is 125 cm³/mol. The summed E-state index contributed by atoms with van der Waals surface area (Å²) in [5, 5.41) is 8.53. The van der Waals surface area contributed by atoms with Gasteiger partial charge in [0, 0.05) is 30.9 Å². The number of carbonyl (C=O) groups is 3. The molecule has 4 amide bonds. The fraction of sp³-hybridized carbons (Fsp3) is 0.400. The Labute approximate surface area is 193 Å². The molecular weight excluding hydrogens is 423 g/mol. The van der Waals surface area contributed by atoms with Crippen LogP contribution in [-0.2, 0) is 11.3 Å². The Kier molecular flexibility index (Phi) is 8.40. The summed E-state index contributed by atoms with van der Waals surface area (Å²) in [6.45, 7) is 5.60. The van der Waals surface area contributed by atoms with Gasteiger partial charge in [0.25, 0.3) is 5.91 Å². The third kappa shape index (κ3) is 6.78. The van der Waals surface area contributed by atoms with Crippen LogP contribution in [0, 0.1) is 11.7 Å².